The van der Waals surface area contributed by atoms with Gasteiger partial charge in [-0.3, -0.25) is 0 Å². The van der Waals surface area contributed by atoms with Crippen LogP contribution < -0.4 is 4.72 Å². The van der Waals surface area contributed by atoms with Crippen LogP contribution in [0.5, 0.6) is 0 Å². The van der Waals surface area contributed by atoms with Crippen LogP contribution in [0, 0.1) is 6.92 Å². The van der Waals surface area contributed by atoms with Crippen molar-refractivity contribution < 1.29 is 8.42 Å². The summed E-state index contributed by atoms with van der Waals surface area (Å²) in [4.78, 5) is 0. The molecule has 2 rings (SSSR count). The molecule has 108 valence electrons. The van der Waals surface area contributed by atoms with Crippen molar-refractivity contribution in [2.75, 3.05) is 6.54 Å². The van der Waals surface area contributed by atoms with E-state index in [0.29, 0.717) is 13.0 Å². The maximum absolute atomic E-state index is 12.0. The Balaban J connectivity index is 1.86. The third-order valence-electron chi connectivity index (χ3n) is 3.11. The summed E-state index contributed by atoms with van der Waals surface area (Å²) >= 11 is 0. The predicted octanol–water partition coefficient (Wildman–Crippen LogP) is 2.00. The minimum Gasteiger partial charge on any atom is -0.357 e. The van der Waals surface area contributed by atoms with Crippen LogP contribution in [0.25, 0.3) is 0 Å². The van der Waals surface area contributed by atoms with E-state index in [0.717, 1.165) is 16.7 Å². The third kappa shape index (κ3) is 4.51. The molecule has 2 aromatic rings. The van der Waals surface area contributed by atoms with Gasteiger partial charge in [0.05, 0.1) is 5.75 Å². The van der Waals surface area contributed by atoms with Crippen molar-refractivity contribution >= 4 is 10.0 Å². The van der Waals surface area contributed by atoms with Crippen LogP contribution in [-0.2, 0) is 29.2 Å². The summed E-state index contributed by atoms with van der Waals surface area (Å²) in [6.45, 7) is 2.41. The lowest BCUT2D eigenvalue weighted by Gasteiger charge is -2.06. The SMILES string of the molecule is Cc1ccc(CS(=O)(=O)NCCc2ccn(C)c2)cc1. The van der Waals surface area contributed by atoms with Gasteiger partial charge in [-0.05, 0) is 30.5 Å². The van der Waals surface area contributed by atoms with Gasteiger partial charge in [-0.1, -0.05) is 29.8 Å². The zero-order valence-corrected chi connectivity index (χ0v) is 12.7. The highest BCUT2D eigenvalue weighted by atomic mass is 32.2. The minimum atomic E-state index is -3.27. The maximum atomic E-state index is 12.0. The topological polar surface area (TPSA) is 51.1 Å². The number of nitrogens with zero attached hydrogens (tertiary/aromatic N) is 1. The van der Waals surface area contributed by atoms with Gasteiger partial charge in [0.1, 0.15) is 0 Å². The number of rotatable bonds is 6. The molecule has 0 spiro atoms. The molecule has 4 nitrogen and oxygen atoms in total. The first-order chi connectivity index (χ1) is 9.44. The van der Waals surface area contributed by atoms with E-state index < -0.39 is 10.0 Å². The molecule has 0 atom stereocenters. The molecule has 20 heavy (non-hydrogen) atoms. The smallest absolute Gasteiger partial charge is 0.215 e. The molecular weight excluding hydrogens is 272 g/mol. The molecule has 0 amide bonds. The number of hydrogen-bond acceptors (Lipinski definition) is 2. The zero-order chi connectivity index (χ0) is 14.6. The average molecular weight is 292 g/mol. The molecule has 0 fully saturated rings. The molecule has 0 bridgehead atoms. The molecule has 0 aliphatic heterocycles. The van der Waals surface area contributed by atoms with Gasteiger partial charge in [0, 0.05) is 26.0 Å². The molecular formula is C15H20N2O2S. The summed E-state index contributed by atoms with van der Waals surface area (Å²) in [6.07, 6.45) is 4.65. The Hall–Kier alpha value is -1.59. The molecule has 0 unspecified atom stereocenters. The molecule has 0 aliphatic carbocycles. The first-order valence-corrected chi connectivity index (χ1v) is 8.23. The standard InChI is InChI=1S/C15H20N2O2S/c1-13-3-5-15(6-4-13)12-20(18,19)16-9-7-14-8-10-17(2)11-14/h3-6,8,10-11,16H,7,9,12H2,1-2H3. The molecule has 1 aromatic heterocycles. The molecule has 0 radical (unpaired) electrons. The molecule has 0 aliphatic rings. The largest absolute Gasteiger partial charge is 0.357 e. The van der Waals surface area contributed by atoms with E-state index in [9.17, 15) is 8.42 Å². The van der Waals surface area contributed by atoms with Gasteiger partial charge in [0.25, 0.3) is 0 Å². The number of benzene rings is 1. The summed E-state index contributed by atoms with van der Waals surface area (Å²) in [6, 6.07) is 9.55. The maximum Gasteiger partial charge on any atom is 0.215 e. The van der Waals surface area contributed by atoms with Crippen molar-refractivity contribution in [3.63, 3.8) is 0 Å². The van der Waals surface area contributed by atoms with Crippen LogP contribution in [0.15, 0.2) is 42.7 Å². The Morgan fingerprint density at radius 1 is 1.10 bits per heavy atom. The zero-order valence-electron chi connectivity index (χ0n) is 11.8. The number of aryl methyl sites for hydroxylation is 2. The Morgan fingerprint density at radius 3 is 2.40 bits per heavy atom. The fourth-order valence-corrected chi connectivity index (χ4v) is 3.16. The Bertz CT molecular complexity index is 657. The second kappa shape index (κ2) is 6.24. The van der Waals surface area contributed by atoms with Gasteiger partial charge in [-0.15, -0.1) is 0 Å². The second-order valence-electron chi connectivity index (χ2n) is 5.07. The van der Waals surface area contributed by atoms with Gasteiger partial charge in [0.2, 0.25) is 10.0 Å². The van der Waals surface area contributed by atoms with Crippen LogP contribution in [0.2, 0.25) is 0 Å². The number of hydrogen-bond donors (Lipinski definition) is 1. The van der Waals surface area contributed by atoms with E-state index in [1.165, 1.54) is 0 Å². The van der Waals surface area contributed by atoms with Crippen LogP contribution in [-0.4, -0.2) is 19.5 Å². The molecule has 0 saturated carbocycles. The number of aromatic nitrogens is 1. The van der Waals surface area contributed by atoms with Gasteiger partial charge < -0.3 is 4.57 Å². The molecule has 1 heterocycles. The van der Waals surface area contributed by atoms with E-state index >= 15 is 0 Å². The summed E-state index contributed by atoms with van der Waals surface area (Å²) in [5.74, 6) is 0.0298. The molecule has 1 N–H and O–H groups in total. The minimum absolute atomic E-state index is 0.0298. The molecule has 1 aromatic carbocycles. The van der Waals surface area contributed by atoms with E-state index in [2.05, 4.69) is 4.72 Å². The molecule has 5 heteroatoms. The fourth-order valence-electron chi connectivity index (χ4n) is 2.01. The highest BCUT2D eigenvalue weighted by molar-refractivity contribution is 7.88. The van der Waals surface area contributed by atoms with Gasteiger partial charge in [-0.2, -0.15) is 0 Å². The van der Waals surface area contributed by atoms with Gasteiger partial charge in [0.15, 0.2) is 0 Å². The Morgan fingerprint density at radius 2 is 1.80 bits per heavy atom. The summed E-state index contributed by atoms with van der Waals surface area (Å²) < 4.78 is 28.5. The van der Waals surface area contributed by atoms with Crippen molar-refractivity contribution in [1.82, 2.24) is 9.29 Å². The Labute approximate surface area is 120 Å². The first-order valence-electron chi connectivity index (χ1n) is 6.58. The summed E-state index contributed by atoms with van der Waals surface area (Å²) in [5.41, 5.74) is 3.07. The first kappa shape index (κ1) is 14.8. The fraction of sp³-hybridized carbons (Fsp3) is 0.333. The third-order valence-corrected chi connectivity index (χ3v) is 4.46. The molecule has 0 saturated heterocycles. The van der Waals surface area contributed by atoms with E-state index in [1.54, 1.807) is 0 Å². The monoisotopic (exact) mass is 292 g/mol. The van der Waals surface area contributed by atoms with Crippen molar-refractivity contribution in [2.24, 2.45) is 7.05 Å². The highest BCUT2D eigenvalue weighted by Crippen LogP contribution is 2.07. The van der Waals surface area contributed by atoms with Crippen LogP contribution in [0.3, 0.4) is 0 Å². The lowest BCUT2D eigenvalue weighted by Crippen LogP contribution is -2.27. The second-order valence-corrected chi connectivity index (χ2v) is 6.88. The van der Waals surface area contributed by atoms with Crippen molar-refractivity contribution in [3.05, 3.63) is 59.4 Å². The normalized spacial score (nSPS) is 11.7. The lowest BCUT2D eigenvalue weighted by molar-refractivity contribution is 0.581. The van der Waals surface area contributed by atoms with Crippen molar-refractivity contribution in [1.29, 1.82) is 0 Å². The van der Waals surface area contributed by atoms with E-state index in [4.69, 9.17) is 0 Å². The van der Waals surface area contributed by atoms with Crippen LogP contribution in [0.1, 0.15) is 16.7 Å². The van der Waals surface area contributed by atoms with Gasteiger partial charge in [-0.25, -0.2) is 13.1 Å². The lowest BCUT2D eigenvalue weighted by atomic mass is 10.2. The van der Waals surface area contributed by atoms with Crippen LogP contribution >= 0.6 is 0 Å². The van der Waals surface area contributed by atoms with Crippen LogP contribution in [0.4, 0.5) is 0 Å². The summed E-state index contributed by atoms with van der Waals surface area (Å²) in [5, 5.41) is 0. The highest BCUT2D eigenvalue weighted by Gasteiger charge is 2.10. The average Bonchev–Trinajstić information content (AvgIpc) is 2.77. The Kier molecular flexibility index (Phi) is 4.62. The van der Waals surface area contributed by atoms with Crippen molar-refractivity contribution in [3.8, 4) is 0 Å². The predicted molar refractivity (Wildman–Crippen MR) is 80.9 cm³/mol. The van der Waals surface area contributed by atoms with Gasteiger partial charge >= 0.3 is 0 Å². The van der Waals surface area contributed by atoms with E-state index in [-0.39, 0.29) is 5.75 Å². The number of nitrogens with one attached hydrogen (secondary N) is 1. The van der Waals surface area contributed by atoms with Crippen molar-refractivity contribution in [2.45, 2.75) is 19.1 Å². The number of sulfonamides is 1. The summed E-state index contributed by atoms with van der Waals surface area (Å²) in [7, 11) is -1.32. The quantitative estimate of drug-likeness (QED) is 0.885. The van der Waals surface area contributed by atoms with E-state index in [1.807, 2.05) is 61.3 Å².